The summed E-state index contributed by atoms with van der Waals surface area (Å²) in [7, 11) is 0. The molecule has 0 atom stereocenters. The van der Waals surface area contributed by atoms with Crippen LogP contribution in [0, 0.1) is 0 Å². The first-order valence-electron chi connectivity index (χ1n) is 8.43. The number of carbonyl (C=O) groups excluding carboxylic acids is 1. The van der Waals surface area contributed by atoms with E-state index in [0.717, 1.165) is 32.6 Å². The van der Waals surface area contributed by atoms with Crippen LogP contribution in [0.5, 0.6) is 0 Å². The maximum absolute atomic E-state index is 11.3. The van der Waals surface area contributed by atoms with Gasteiger partial charge in [0.1, 0.15) is 0 Å². The van der Waals surface area contributed by atoms with Gasteiger partial charge in [-0.1, -0.05) is 30.3 Å². The molecule has 0 spiro atoms. The largest absolute Gasteiger partial charge is 0.466 e. The maximum Gasteiger partial charge on any atom is 0.305 e. The molecule has 1 aliphatic rings. The van der Waals surface area contributed by atoms with Crippen LogP contribution in [0.3, 0.4) is 0 Å². The normalized spacial score (nSPS) is 16.6. The summed E-state index contributed by atoms with van der Waals surface area (Å²) in [5.74, 6) is -0.0815. The highest BCUT2D eigenvalue weighted by Crippen LogP contribution is 2.13. The molecule has 0 aromatic heterocycles. The Balaban J connectivity index is 1.56. The van der Waals surface area contributed by atoms with Gasteiger partial charge in [-0.05, 0) is 51.4 Å². The topological polar surface area (TPSA) is 41.6 Å². The number of benzene rings is 1. The summed E-state index contributed by atoms with van der Waals surface area (Å²) < 4.78 is 4.93. The predicted molar refractivity (Wildman–Crippen MR) is 88.6 cm³/mol. The van der Waals surface area contributed by atoms with Gasteiger partial charge >= 0.3 is 5.97 Å². The molecule has 4 heteroatoms. The van der Waals surface area contributed by atoms with Crippen LogP contribution >= 0.6 is 0 Å². The van der Waals surface area contributed by atoms with E-state index in [4.69, 9.17) is 4.74 Å². The molecular formula is C18H28N2O2. The van der Waals surface area contributed by atoms with Crippen LogP contribution in [0.2, 0.25) is 0 Å². The molecule has 1 aromatic carbocycles. The number of rotatable bonds is 8. The molecule has 1 aromatic rings. The average molecular weight is 304 g/mol. The van der Waals surface area contributed by atoms with E-state index in [2.05, 4.69) is 40.5 Å². The summed E-state index contributed by atoms with van der Waals surface area (Å²) >= 11 is 0. The van der Waals surface area contributed by atoms with Crippen LogP contribution in [0.4, 0.5) is 0 Å². The van der Waals surface area contributed by atoms with Crippen molar-refractivity contribution in [1.29, 1.82) is 0 Å². The molecule has 122 valence electrons. The average Bonchev–Trinajstić information content (AvgIpc) is 2.54. The zero-order valence-corrected chi connectivity index (χ0v) is 13.6. The van der Waals surface area contributed by atoms with Crippen molar-refractivity contribution in [3.63, 3.8) is 0 Å². The minimum absolute atomic E-state index is 0.0815. The first-order valence-corrected chi connectivity index (χ1v) is 8.43. The van der Waals surface area contributed by atoms with Gasteiger partial charge in [-0.25, -0.2) is 0 Å². The van der Waals surface area contributed by atoms with Crippen molar-refractivity contribution in [2.24, 2.45) is 0 Å². The molecule has 1 aliphatic heterocycles. The second-order valence-corrected chi connectivity index (χ2v) is 5.90. The smallest absolute Gasteiger partial charge is 0.305 e. The van der Waals surface area contributed by atoms with Crippen LogP contribution < -0.4 is 5.32 Å². The van der Waals surface area contributed by atoms with Crippen molar-refractivity contribution in [2.75, 3.05) is 26.2 Å². The quantitative estimate of drug-likeness (QED) is 0.592. The number of piperidine rings is 1. The third kappa shape index (κ3) is 6.16. The highest BCUT2D eigenvalue weighted by atomic mass is 16.5. The molecule has 4 nitrogen and oxygen atoms in total. The lowest BCUT2D eigenvalue weighted by Gasteiger charge is -2.32. The Morgan fingerprint density at radius 2 is 2.00 bits per heavy atom. The van der Waals surface area contributed by atoms with Crippen molar-refractivity contribution in [2.45, 2.75) is 45.2 Å². The van der Waals surface area contributed by atoms with E-state index < -0.39 is 0 Å². The SMILES string of the molecule is CCOC(=O)CCCNC1CCN(Cc2ccccc2)CC1. The molecule has 1 fully saturated rings. The summed E-state index contributed by atoms with van der Waals surface area (Å²) in [6.45, 7) is 6.57. The first-order chi connectivity index (χ1) is 10.8. The lowest BCUT2D eigenvalue weighted by atomic mass is 10.0. The lowest BCUT2D eigenvalue weighted by molar-refractivity contribution is -0.143. The second kappa shape index (κ2) is 9.59. The van der Waals surface area contributed by atoms with Gasteiger partial charge in [0.15, 0.2) is 0 Å². The Kier molecular flexibility index (Phi) is 7.40. The molecular weight excluding hydrogens is 276 g/mol. The zero-order valence-electron chi connectivity index (χ0n) is 13.6. The summed E-state index contributed by atoms with van der Waals surface area (Å²) in [4.78, 5) is 13.8. The predicted octanol–water partition coefficient (Wildman–Crippen LogP) is 2.58. The van der Waals surface area contributed by atoms with E-state index in [0.29, 0.717) is 19.1 Å². The molecule has 0 unspecified atom stereocenters. The van der Waals surface area contributed by atoms with E-state index >= 15 is 0 Å². The fraction of sp³-hybridized carbons (Fsp3) is 0.611. The molecule has 2 rings (SSSR count). The number of hydrogen-bond donors (Lipinski definition) is 1. The monoisotopic (exact) mass is 304 g/mol. The third-order valence-corrected chi connectivity index (χ3v) is 4.13. The van der Waals surface area contributed by atoms with Crippen LogP contribution in [0.1, 0.15) is 38.2 Å². The Hall–Kier alpha value is -1.39. The van der Waals surface area contributed by atoms with E-state index in [1.54, 1.807) is 0 Å². The van der Waals surface area contributed by atoms with Crippen molar-refractivity contribution >= 4 is 5.97 Å². The molecule has 0 saturated carbocycles. The number of likely N-dealkylation sites (tertiary alicyclic amines) is 1. The van der Waals surface area contributed by atoms with Gasteiger partial charge in [0.25, 0.3) is 0 Å². The molecule has 1 heterocycles. The van der Waals surface area contributed by atoms with Gasteiger partial charge in [0, 0.05) is 19.0 Å². The van der Waals surface area contributed by atoms with Crippen molar-refractivity contribution in [3.05, 3.63) is 35.9 Å². The molecule has 0 amide bonds. The van der Waals surface area contributed by atoms with Gasteiger partial charge in [0.2, 0.25) is 0 Å². The van der Waals surface area contributed by atoms with E-state index in [1.807, 2.05) is 6.92 Å². The molecule has 1 saturated heterocycles. The van der Waals surface area contributed by atoms with Crippen LogP contribution in [-0.2, 0) is 16.1 Å². The van der Waals surface area contributed by atoms with Gasteiger partial charge in [-0.15, -0.1) is 0 Å². The van der Waals surface area contributed by atoms with E-state index in [1.165, 1.54) is 18.4 Å². The number of nitrogens with zero attached hydrogens (tertiary/aromatic N) is 1. The first kappa shape index (κ1) is 17.0. The lowest BCUT2D eigenvalue weighted by Crippen LogP contribution is -2.42. The standard InChI is InChI=1S/C18H28N2O2/c1-2-22-18(21)9-6-12-19-17-10-13-20(14-11-17)15-16-7-4-3-5-8-16/h3-5,7-8,17,19H,2,6,9-15H2,1H3. The number of ether oxygens (including phenoxy) is 1. The highest BCUT2D eigenvalue weighted by Gasteiger charge is 2.18. The van der Waals surface area contributed by atoms with Gasteiger partial charge in [-0.3, -0.25) is 9.69 Å². The second-order valence-electron chi connectivity index (χ2n) is 5.90. The van der Waals surface area contributed by atoms with Crippen molar-refractivity contribution in [3.8, 4) is 0 Å². The Labute approximate surface area is 133 Å². The summed E-state index contributed by atoms with van der Waals surface area (Å²) in [6.07, 6.45) is 3.76. The Bertz CT molecular complexity index is 428. The van der Waals surface area contributed by atoms with Crippen LogP contribution in [0.25, 0.3) is 0 Å². The Morgan fingerprint density at radius 1 is 1.27 bits per heavy atom. The number of esters is 1. The molecule has 1 N–H and O–H groups in total. The Morgan fingerprint density at radius 3 is 2.68 bits per heavy atom. The van der Waals surface area contributed by atoms with Gasteiger partial charge in [0.05, 0.1) is 6.61 Å². The minimum atomic E-state index is -0.0815. The van der Waals surface area contributed by atoms with Crippen molar-refractivity contribution in [1.82, 2.24) is 10.2 Å². The maximum atomic E-state index is 11.3. The van der Waals surface area contributed by atoms with Crippen LogP contribution in [0.15, 0.2) is 30.3 Å². The summed E-state index contributed by atoms with van der Waals surface area (Å²) in [6, 6.07) is 11.3. The minimum Gasteiger partial charge on any atom is -0.466 e. The zero-order chi connectivity index (χ0) is 15.6. The van der Waals surface area contributed by atoms with E-state index in [9.17, 15) is 4.79 Å². The van der Waals surface area contributed by atoms with Gasteiger partial charge in [-0.2, -0.15) is 0 Å². The third-order valence-electron chi connectivity index (χ3n) is 4.13. The fourth-order valence-electron chi connectivity index (χ4n) is 2.91. The summed E-state index contributed by atoms with van der Waals surface area (Å²) in [5, 5.41) is 3.57. The number of carbonyl (C=O) groups is 1. The highest BCUT2D eigenvalue weighted by molar-refractivity contribution is 5.69. The molecule has 22 heavy (non-hydrogen) atoms. The molecule has 0 bridgehead atoms. The van der Waals surface area contributed by atoms with Crippen molar-refractivity contribution < 1.29 is 9.53 Å². The molecule has 0 aliphatic carbocycles. The van der Waals surface area contributed by atoms with Gasteiger partial charge < -0.3 is 10.1 Å². The number of nitrogens with one attached hydrogen (secondary N) is 1. The fourth-order valence-corrected chi connectivity index (χ4v) is 2.91. The van der Waals surface area contributed by atoms with Crippen LogP contribution in [-0.4, -0.2) is 43.2 Å². The van der Waals surface area contributed by atoms with E-state index in [-0.39, 0.29) is 5.97 Å². The number of hydrogen-bond acceptors (Lipinski definition) is 4. The summed E-state index contributed by atoms with van der Waals surface area (Å²) in [5.41, 5.74) is 1.39. The molecule has 0 radical (unpaired) electrons.